The standard InChI is InChI=1S/C26H27NO7/c1-15-11-20-24(26(30)27(15)10-9-16-5-7-18(28)8-6-16)19(14-23(29)34-20)17-12-21(31-2)25(33-4)22(13-17)32-3/h5-8,11-13,19,28H,9-10,14H2,1-4H3/t19-/m1/s1. The number of benzene rings is 2. The molecule has 0 bridgehead atoms. The van der Waals surface area contributed by atoms with Gasteiger partial charge in [-0.05, 0) is 48.7 Å². The summed E-state index contributed by atoms with van der Waals surface area (Å²) in [5, 5.41) is 9.51. The van der Waals surface area contributed by atoms with Crippen LogP contribution in [0, 0.1) is 6.92 Å². The molecule has 2 heterocycles. The van der Waals surface area contributed by atoms with E-state index in [0.717, 1.165) is 5.56 Å². The number of pyridine rings is 1. The van der Waals surface area contributed by atoms with E-state index in [0.29, 0.717) is 47.0 Å². The minimum atomic E-state index is -0.530. The number of carbonyl (C=O) groups excluding carboxylic acids is 1. The highest BCUT2D eigenvalue weighted by Crippen LogP contribution is 2.44. The molecule has 1 aliphatic rings. The molecule has 1 N–H and O–H groups in total. The van der Waals surface area contributed by atoms with Crippen LogP contribution in [0.1, 0.15) is 34.7 Å². The first-order valence-corrected chi connectivity index (χ1v) is 10.9. The topological polar surface area (TPSA) is 96.2 Å². The molecule has 178 valence electrons. The largest absolute Gasteiger partial charge is 0.508 e. The molecule has 8 heteroatoms. The van der Waals surface area contributed by atoms with Crippen LogP contribution in [0.2, 0.25) is 0 Å². The fourth-order valence-electron chi connectivity index (χ4n) is 4.36. The van der Waals surface area contributed by atoms with E-state index >= 15 is 0 Å². The molecule has 0 saturated carbocycles. The summed E-state index contributed by atoms with van der Waals surface area (Å²) in [5.41, 5.74) is 2.60. The molecule has 0 amide bonds. The van der Waals surface area contributed by atoms with Gasteiger partial charge < -0.3 is 28.6 Å². The number of aryl methyl sites for hydroxylation is 2. The quantitative estimate of drug-likeness (QED) is 0.533. The van der Waals surface area contributed by atoms with E-state index < -0.39 is 11.9 Å². The fraction of sp³-hybridized carbons (Fsp3) is 0.308. The number of hydrogen-bond donors (Lipinski definition) is 1. The first-order chi connectivity index (χ1) is 16.4. The lowest BCUT2D eigenvalue weighted by molar-refractivity contribution is -0.135. The van der Waals surface area contributed by atoms with Gasteiger partial charge in [0.05, 0.1) is 33.3 Å². The Hall–Kier alpha value is -3.94. The van der Waals surface area contributed by atoms with E-state index in [1.54, 1.807) is 34.9 Å². The molecule has 0 fully saturated rings. The Bertz CT molecular complexity index is 1250. The molecular weight excluding hydrogens is 438 g/mol. The molecule has 0 spiro atoms. The second kappa shape index (κ2) is 9.51. The third-order valence-corrected chi connectivity index (χ3v) is 6.10. The minimum absolute atomic E-state index is 0.0158. The van der Waals surface area contributed by atoms with Gasteiger partial charge in [-0.25, -0.2) is 0 Å². The molecule has 0 radical (unpaired) electrons. The molecule has 8 nitrogen and oxygen atoms in total. The van der Waals surface area contributed by atoms with Crippen molar-refractivity contribution in [2.24, 2.45) is 0 Å². The van der Waals surface area contributed by atoms with Crippen molar-refractivity contribution in [2.75, 3.05) is 21.3 Å². The maximum atomic E-state index is 13.7. The highest BCUT2D eigenvalue weighted by molar-refractivity contribution is 5.78. The highest BCUT2D eigenvalue weighted by atomic mass is 16.5. The minimum Gasteiger partial charge on any atom is -0.508 e. The molecule has 1 aromatic heterocycles. The number of aromatic hydroxyl groups is 1. The molecule has 4 rings (SSSR count). The average molecular weight is 466 g/mol. The lowest BCUT2D eigenvalue weighted by Gasteiger charge is -2.27. The van der Waals surface area contributed by atoms with Crippen LogP contribution >= 0.6 is 0 Å². The van der Waals surface area contributed by atoms with Gasteiger partial charge in [-0.15, -0.1) is 0 Å². The van der Waals surface area contributed by atoms with Gasteiger partial charge in [0.15, 0.2) is 11.5 Å². The predicted molar refractivity (Wildman–Crippen MR) is 125 cm³/mol. The lowest BCUT2D eigenvalue weighted by Crippen LogP contribution is -2.33. The second-order valence-corrected chi connectivity index (χ2v) is 8.13. The predicted octanol–water partition coefficient (Wildman–Crippen LogP) is 3.57. The first kappa shape index (κ1) is 23.2. The molecule has 34 heavy (non-hydrogen) atoms. The zero-order valence-electron chi connectivity index (χ0n) is 19.6. The Kier molecular flexibility index (Phi) is 6.49. The third kappa shape index (κ3) is 4.31. The summed E-state index contributed by atoms with van der Waals surface area (Å²) in [6.07, 6.45) is 0.621. The Labute approximate surface area is 197 Å². The Morgan fingerprint density at radius 2 is 1.65 bits per heavy atom. The van der Waals surface area contributed by atoms with E-state index in [4.69, 9.17) is 18.9 Å². The van der Waals surface area contributed by atoms with Crippen LogP contribution in [-0.2, 0) is 17.8 Å². The van der Waals surface area contributed by atoms with Crippen molar-refractivity contribution in [1.29, 1.82) is 0 Å². The molecule has 3 aromatic rings. The van der Waals surface area contributed by atoms with Crippen LogP contribution in [0.15, 0.2) is 47.3 Å². The van der Waals surface area contributed by atoms with Gasteiger partial charge in [0, 0.05) is 24.2 Å². The highest BCUT2D eigenvalue weighted by Gasteiger charge is 2.33. The number of esters is 1. The normalized spacial score (nSPS) is 14.8. The van der Waals surface area contributed by atoms with Crippen molar-refractivity contribution in [1.82, 2.24) is 4.57 Å². The van der Waals surface area contributed by atoms with Crippen LogP contribution in [-0.4, -0.2) is 37.0 Å². The van der Waals surface area contributed by atoms with Gasteiger partial charge >= 0.3 is 5.97 Å². The number of nitrogens with zero attached hydrogens (tertiary/aromatic N) is 1. The van der Waals surface area contributed by atoms with E-state index in [1.165, 1.54) is 21.3 Å². The first-order valence-electron chi connectivity index (χ1n) is 10.9. The maximum absolute atomic E-state index is 13.7. The smallest absolute Gasteiger partial charge is 0.312 e. The summed E-state index contributed by atoms with van der Waals surface area (Å²) < 4.78 is 23.5. The van der Waals surface area contributed by atoms with Crippen LogP contribution < -0.4 is 24.5 Å². The van der Waals surface area contributed by atoms with Gasteiger partial charge in [0.25, 0.3) is 5.56 Å². The number of ether oxygens (including phenoxy) is 4. The molecule has 1 aliphatic heterocycles. The number of rotatable bonds is 7. The Balaban J connectivity index is 1.79. The van der Waals surface area contributed by atoms with Gasteiger partial charge in [-0.3, -0.25) is 9.59 Å². The summed E-state index contributed by atoms with van der Waals surface area (Å²) in [4.78, 5) is 26.1. The molecule has 0 saturated heterocycles. The summed E-state index contributed by atoms with van der Waals surface area (Å²) in [6, 6.07) is 12.2. The van der Waals surface area contributed by atoms with E-state index in [-0.39, 0.29) is 23.5 Å². The molecule has 2 aromatic carbocycles. The number of phenols is 1. The van der Waals surface area contributed by atoms with Gasteiger partial charge in [-0.1, -0.05) is 12.1 Å². The summed E-state index contributed by atoms with van der Waals surface area (Å²) in [6.45, 7) is 2.26. The monoisotopic (exact) mass is 465 g/mol. The van der Waals surface area contributed by atoms with E-state index in [2.05, 4.69) is 0 Å². The van der Waals surface area contributed by atoms with Crippen LogP contribution in [0.5, 0.6) is 28.7 Å². The molecule has 0 aliphatic carbocycles. The number of hydrogen-bond acceptors (Lipinski definition) is 7. The fourth-order valence-corrected chi connectivity index (χ4v) is 4.36. The van der Waals surface area contributed by atoms with Crippen molar-refractivity contribution in [3.05, 3.63) is 75.2 Å². The van der Waals surface area contributed by atoms with Gasteiger partial charge in [-0.2, -0.15) is 0 Å². The SMILES string of the molecule is COc1cc([C@H]2CC(=O)Oc3cc(C)n(CCc4ccc(O)cc4)c(=O)c32)cc(OC)c1OC. The number of phenolic OH excluding ortho intramolecular Hbond substituents is 1. The van der Waals surface area contributed by atoms with E-state index in [1.807, 2.05) is 19.1 Å². The zero-order chi connectivity index (χ0) is 24.4. The van der Waals surface area contributed by atoms with Gasteiger partial charge in [0.2, 0.25) is 5.75 Å². The number of carbonyl (C=O) groups is 1. The van der Waals surface area contributed by atoms with E-state index in [9.17, 15) is 14.7 Å². The van der Waals surface area contributed by atoms with Crippen LogP contribution in [0.3, 0.4) is 0 Å². The Morgan fingerprint density at radius 1 is 1.00 bits per heavy atom. The second-order valence-electron chi connectivity index (χ2n) is 8.13. The lowest BCUT2D eigenvalue weighted by atomic mass is 9.86. The summed E-state index contributed by atoms with van der Waals surface area (Å²) in [7, 11) is 4.55. The summed E-state index contributed by atoms with van der Waals surface area (Å²) in [5.74, 6) is 0.848. The number of aromatic nitrogens is 1. The van der Waals surface area contributed by atoms with Crippen molar-refractivity contribution < 1.29 is 28.8 Å². The van der Waals surface area contributed by atoms with Crippen molar-refractivity contribution in [3.63, 3.8) is 0 Å². The average Bonchev–Trinajstić information content (AvgIpc) is 2.83. The molecular formula is C26H27NO7. The summed E-state index contributed by atoms with van der Waals surface area (Å²) >= 11 is 0. The number of methoxy groups -OCH3 is 3. The third-order valence-electron chi connectivity index (χ3n) is 6.10. The van der Waals surface area contributed by atoms with Gasteiger partial charge in [0.1, 0.15) is 11.5 Å². The van der Waals surface area contributed by atoms with Crippen LogP contribution in [0.4, 0.5) is 0 Å². The van der Waals surface area contributed by atoms with Crippen LogP contribution in [0.25, 0.3) is 0 Å². The Morgan fingerprint density at radius 3 is 2.24 bits per heavy atom. The molecule has 0 unspecified atom stereocenters. The van der Waals surface area contributed by atoms with Crippen molar-refractivity contribution in [2.45, 2.75) is 32.2 Å². The maximum Gasteiger partial charge on any atom is 0.312 e. The zero-order valence-corrected chi connectivity index (χ0v) is 19.6. The van der Waals surface area contributed by atoms with Crippen molar-refractivity contribution >= 4 is 5.97 Å². The molecule has 1 atom stereocenters. The van der Waals surface area contributed by atoms with Crippen molar-refractivity contribution in [3.8, 4) is 28.7 Å². The number of fused-ring (bicyclic) bond motifs is 1.